The van der Waals surface area contributed by atoms with E-state index in [4.69, 9.17) is 5.26 Å². The Morgan fingerprint density at radius 2 is 2.05 bits per heavy atom. The van der Waals surface area contributed by atoms with Gasteiger partial charge in [0.2, 0.25) is 0 Å². The van der Waals surface area contributed by atoms with Gasteiger partial charge in [-0.3, -0.25) is 0 Å². The van der Waals surface area contributed by atoms with E-state index in [1.54, 1.807) is 6.33 Å². The molecule has 1 aromatic carbocycles. The summed E-state index contributed by atoms with van der Waals surface area (Å²) in [6, 6.07) is 5.06. The minimum absolute atomic E-state index is 0.0118. The number of nitriles is 1. The maximum atomic E-state index is 12.7. The first-order chi connectivity index (χ1) is 9.99. The highest BCUT2D eigenvalue weighted by atomic mass is 19.4. The SMILES string of the molecule is N#Cc1cc(C(F)(F)F)ccc1N1CCn2cnnc2C1. The topological polar surface area (TPSA) is 57.7 Å². The lowest BCUT2D eigenvalue weighted by atomic mass is 10.1. The molecule has 1 aromatic heterocycles. The Morgan fingerprint density at radius 3 is 2.76 bits per heavy atom. The van der Waals surface area contributed by atoms with Gasteiger partial charge in [-0.15, -0.1) is 10.2 Å². The molecular formula is C13H10F3N5. The van der Waals surface area contributed by atoms with Crippen LogP contribution < -0.4 is 4.90 Å². The molecule has 0 amide bonds. The Morgan fingerprint density at radius 1 is 1.24 bits per heavy atom. The minimum Gasteiger partial charge on any atom is -0.361 e. The fourth-order valence-electron chi connectivity index (χ4n) is 2.35. The van der Waals surface area contributed by atoms with E-state index < -0.39 is 11.7 Å². The summed E-state index contributed by atoms with van der Waals surface area (Å²) >= 11 is 0. The molecule has 0 fully saturated rings. The van der Waals surface area contributed by atoms with Gasteiger partial charge >= 0.3 is 6.18 Å². The summed E-state index contributed by atoms with van der Waals surface area (Å²) in [5.41, 5.74) is -0.319. The van der Waals surface area contributed by atoms with E-state index in [9.17, 15) is 13.2 Å². The van der Waals surface area contributed by atoms with Gasteiger partial charge < -0.3 is 9.47 Å². The van der Waals surface area contributed by atoms with E-state index in [0.717, 1.165) is 18.0 Å². The molecule has 0 N–H and O–H groups in total. The fourth-order valence-corrected chi connectivity index (χ4v) is 2.35. The smallest absolute Gasteiger partial charge is 0.361 e. The normalized spacial score (nSPS) is 14.7. The van der Waals surface area contributed by atoms with E-state index in [-0.39, 0.29) is 5.56 Å². The maximum absolute atomic E-state index is 12.7. The van der Waals surface area contributed by atoms with Crippen molar-refractivity contribution in [3.63, 3.8) is 0 Å². The summed E-state index contributed by atoms with van der Waals surface area (Å²) in [5.74, 6) is 0.727. The summed E-state index contributed by atoms with van der Waals surface area (Å²) in [6.45, 7) is 1.64. The van der Waals surface area contributed by atoms with Gasteiger partial charge in [0.05, 0.1) is 23.4 Å². The minimum atomic E-state index is -4.45. The molecule has 0 radical (unpaired) electrons. The molecule has 0 aliphatic carbocycles. The molecule has 1 aliphatic heterocycles. The second kappa shape index (κ2) is 4.77. The van der Waals surface area contributed by atoms with Crippen LogP contribution in [0.3, 0.4) is 0 Å². The average molecular weight is 293 g/mol. The lowest BCUT2D eigenvalue weighted by Gasteiger charge is -2.29. The molecule has 0 atom stereocenters. The van der Waals surface area contributed by atoms with Crippen LogP contribution in [0.1, 0.15) is 17.0 Å². The van der Waals surface area contributed by atoms with Crippen LogP contribution in [0, 0.1) is 11.3 Å². The van der Waals surface area contributed by atoms with E-state index in [0.29, 0.717) is 25.3 Å². The van der Waals surface area contributed by atoms with Gasteiger partial charge in [0, 0.05) is 13.1 Å². The summed E-state index contributed by atoms with van der Waals surface area (Å²) in [5, 5.41) is 16.9. The fraction of sp³-hybridized carbons (Fsp3) is 0.308. The Balaban J connectivity index is 1.95. The highest BCUT2D eigenvalue weighted by molar-refractivity contribution is 5.61. The van der Waals surface area contributed by atoms with Gasteiger partial charge in [0.1, 0.15) is 12.4 Å². The molecule has 2 aromatic rings. The molecular weight excluding hydrogens is 283 g/mol. The molecule has 108 valence electrons. The number of halogens is 3. The van der Waals surface area contributed by atoms with E-state index >= 15 is 0 Å². The van der Waals surface area contributed by atoms with Gasteiger partial charge in [0.15, 0.2) is 5.82 Å². The number of fused-ring (bicyclic) bond motifs is 1. The number of aromatic nitrogens is 3. The quantitative estimate of drug-likeness (QED) is 0.808. The first kappa shape index (κ1) is 13.4. The summed E-state index contributed by atoms with van der Waals surface area (Å²) in [7, 11) is 0. The van der Waals surface area contributed by atoms with Crippen molar-refractivity contribution in [1.82, 2.24) is 14.8 Å². The van der Waals surface area contributed by atoms with Crippen LogP contribution in [0.5, 0.6) is 0 Å². The molecule has 3 rings (SSSR count). The van der Waals surface area contributed by atoms with Crippen molar-refractivity contribution in [3.8, 4) is 6.07 Å². The van der Waals surface area contributed by atoms with Crippen LogP contribution in [0.15, 0.2) is 24.5 Å². The third-order valence-electron chi connectivity index (χ3n) is 3.42. The van der Waals surface area contributed by atoms with Crippen molar-refractivity contribution in [2.45, 2.75) is 19.3 Å². The first-order valence-electron chi connectivity index (χ1n) is 6.22. The van der Waals surface area contributed by atoms with Crippen molar-refractivity contribution >= 4 is 5.69 Å². The third kappa shape index (κ3) is 2.42. The van der Waals surface area contributed by atoms with Gasteiger partial charge in [-0.25, -0.2) is 0 Å². The lowest BCUT2D eigenvalue weighted by Crippen LogP contribution is -2.34. The number of anilines is 1. The summed E-state index contributed by atoms with van der Waals surface area (Å²) in [6.07, 6.45) is -2.84. The Hall–Kier alpha value is -2.56. The zero-order valence-electron chi connectivity index (χ0n) is 10.8. The molecule has 0 bridgehead atoms. The number of nitrogens with zero attached hydrogens (tertiary/aromatic N) is 5. The van der Waals surface area contributed by atoms with Crippen LogP contribution in [0.4, 0.5) is 18.9 Å². The van der Waals surface area contributed by atoms with E-state index in [1.165, 1.54) is 6.07 Å². The molecule has 0 spiro atoms. The standard InChI is InChI=1S/C13H10F3N5/c14-13(15,16)10-1-2-11(9(5-10)6-17)20-3-4-21-8-18-19-12(21)7-20/h1-2,5,8H,3-4,7H2. The maximum Gasteiger partial charge on any atom is 0.416 e. The monoisotopic (exact) mass is 293 g/mol. The predicted octanol–water partition coefficient (Wildman–Crippen LogP) is 2.19. The van der Waals surface area contributed by atoms with Crippen molar-refractivity contribution in [2.75, 3.05) is 11.4 Å². The Kier molecular flexibility index (Phi) is 3.05. The summed E-state index contributed by atoms with van der Waals surface area (Å²) < 4.78 is 39.9. The molecule has 0 saturated heterocycles. The Bertz CT molecular complexity index is 713. The predicted molar refractivity (Wildman–Crippen MR) is 67.2 cm³/mol. The number of hydrogen-bond acceptors (Lipinski definition) is 4. The number of benzene rings is 1. The van der Waals surface area contributed by atoms with Crippen molar-refractivity contribution < 1.29 is 13.2 Å². The first-order valence-corrected chi connectivity index (χ1v) is 6.22. The zero-order valence-corrected chi connectivity index (χ0v) is 10.8. The lowest BCUT2D eigenvalue weighted by molar-refractivity contribution is -0.137. The number of alkyl halides is 3. The van der Waals surface area contributed by atoms with Crippen LogP contribution in [0.2, 0.25) is 0 Å². The molecule has 0 unspecified atom stereocenters. The van der Waals surface area contributed by atoms with Gasteiger partial charge in [-0.1, -0.05) is 0 Å². The van der Waals surface area contributed by atoms with Crippen molar-refractivity contribution in [2.24, 2.45) is 0 Å². The highest BCUT2D eigenvalue weighted by Crippen LogP contribution is 2.33. The number of hydrogen-bond donors (Lipinski definition) is 0. The Labute approximate surface area is 118 Å². The molecule has 0 saturated carbocycles. The molecule has 5 nitrogen and oxygen atoms in total. The third-order valence-corrected chi connectivity index (χ3v) is 3.42. The van der Waals surface area contributed by atoms with Crippen LogP contribution in [-0.4, -0.2) is 21.3 Å². The van der Waals surface area contributed by atoms with Crippen molar-refractivity contribution in [1.29, 1.82) is 5.26 Å². The largest absolute Gasteiger partial charge is 0.416 e. The van der Waals surface area contributed by atoms with Gasteiger partial charge in [-0.2, -0.15) is 18.4 Å². The van der Waals surface area contributed by atoms with E-state index in [1.807, 2.05) is 15.5 Å². The van der Waals surface area contributed by atoms with Crippen LogP contribution >= 0.6 is 0 Å². The van der Waals surface area contributed by atoms with Gasteiger partial charge in [-0.05, 0) is 18.2 Å². The number of rotatable bonds is 1. The average Bonchev–Trinajstić information content (AvgIpc) is 2.93. The summed E-state index contributed by atoms with van der Waals surface area (Å²) in [4.78, 5) is 1.84. The molecule has 21 heavy (non-hydrogen) atoms. The zero-order chi connectivity index (χ0) is 15.0. The van der Waals surface area contributed by atoms with Crippen molar-refractivity contribution in [3.05, 3.63) is 41.5 Å². The van der Waals surface area contributed by atoms with Crippen LogP contribution in [-0.2, 0) is 19.3 Å². The second-order valence-electron chi connectivity index (χ2n) is 4.70. The highest BCUT2D eigenvalue weighted by Gasteiger charge is 2.31. The molecule has 2 heterocycles. The molecule has 1 aliphatic rings. The van der Waals surface area contributed by atoms with Gasteiger partial charge in [0.25, 0.3) is 0 Å². The van der Waals surface area contributed by atoms with E-state index in [2.05, 4.69) is 10.2 Å². The molecule has 8 heteroatoms. The second-order valence-corrected chi connectivity index (χ2v) is 4.70. The van der Waals surface area contributed by atoms with Crippen LogP contribution in [0.25, 0.3) is 0 Å².